The molecule has 1 aromatic heterocycles. The third kappa shape index (κ3) is 4.34. The first-order chi connectivity index (χ1) is 15.0. The van der Waals surface area contributed by atoms with Crippen LogP contribution in [0.3, 0.4) is 0 Å². The second-order valence-electron chi connectivity index (χ2n) is 8.72. The summed E-state index contributed by atoms with van der Waals surface area (Å²) in [6.07, 6.45) is 10.7. The van der Waals surface area contributed by atoms with Crippen molar-refractivity contribution in [3.8, 4) is 22.8 Å². The molecule has 0 spiro atoms. The van der Waals surface area contributed by atoms with Crippen molar-refractivity contribution in [1.29, 1.82) is 0 Å². The monoisotopic (exact) mass is 425 g/mol. The molecule has 2 aromatic rings. The van der Waals surface area contributed by atoms with Gasteiger partial charge in [0.2, 0.25) is 0 Å². The highest BCUT2D eigenvalue weighted by Crippen LogP contribution is 2.42. The van der Waals surface area contributed by atoms with Crippen LogP contribution in [0.5, 0.6) is 11.5 Å². The summed E-state index contributed by atoms with van der Waals surface area (Å²) < 4.78 is 13.7. The highest BCUT2D eigenvalue weighted by atomic mass is 16.5. The van der Waals surface area contributed by atoms with Crippen molar-refractivity contribution in [1.82, 2.24) is 4.57 Å². The van der Waals surface area contributed by atoms with Gasteiger partial charge in [-0.25, -0.2) is 4.79 Å². The van der Waals surface area contributed by atoms with E-state index in [2.05, 4.69) is 6.92 Å². The molecule has 1 aromatic carbocycles. The number of benzene rings is 1. The summed E-state index contributed by atoms with van der Waals surface area (Å²) in [6, 6.07) is 5.48. The van der Waals surface area contributed by atoms with Gasteiger partial charge in [0, 0.05) is 23.9 Å². The third-order valence-electron chi connectivity index (χ3n) is 6.80. The number of fused-ring (bicyclic) bond motifs is 3. The van der Waals surface area contributed by atoms with Crippen LogP contribution in [0.25, 0.3) is 11.3 Å². The van der Waals surface area contributed by atoms with Crippen molar-refractivity contribution in [2.75, 3.05) is 13.7 Å². The number of methoxy groups -OCH3 is 1. The lowest BCUT2D eigenvalue weighted by molar-refractivity contribution is 0.0694. The molecule has 1 aliphatic heterocycles. The molecule has 0 radical (unpaired) electrons. The summed E-state index contributed by atoms with van der Waals surface area (Å²) in [6.45, 7) is 2.75. The normalized spacial score (nSPS) is 18.2. The van der Waals surface area contributed by atoms with Crippen LogP contribution in [0.4, 0.5) is 0 Å². The van der Waals surface area contributed by atoms with Gasteiger partial charge in [-0.3, -0.25) is 4.79 Å². The van der Waals surface area contributed by atoms with Gasteiger partial charge in [-0.2, -0.15) is 0 Å². The van der Waals surface area contributed by atoms with Crippen LogP contribution in [0.1, 0.15) is 73.8 Å². The molecule has 2 aliphatic rings. The number of carboxylic acid groups (broad SMARTS) is 1. The van der Waals surface area contributed by atoms with Crippen molar-refractivity contribution >= 4 is 5.97 Å². The Kier molecular flexibility index (Phi) is 6.35. The molecular formula is C25H31NO5. The molecule has 1 atom stereocenters. The van der Waals surface area contributed by atoms with Gasteiger partial charge in [0.25, 0.3) is 0 Å². The summed E-state index contributed by atoms with van der Waals surface area (Å²) in [5.41, 5.74) is 2.06. The lowest BCUT2D eigenvalue weighted by atomic mass is 9.87. The number of rotatable bonds is 7. The van der Waals surface area contributed by atoms with Gasteiger partial charge in [-0.1, -0.05) is 39.0 Å². The first kappa shape index (κ1) is 21.5. The summed E-state index contributed by atoms with van der Waals surface area (Å²) in [7, 11) is 1.62. The predicted octanol–water partition coefficient (Wildman–Crippen LogP) is 5.08. The van der Waals surface area contributed by atoms with Gasteiger partial charge in [0.15, 0.2) is 16.9 Å². The predicted molar refractivity (Wildman–Crippen MR) is 119 cm³/mol. The van der Waals surface area contributed by atoms with E-state index in [0.29, 0.717) is 12.4 Å². The quantitative estimate of drug-likeness (QED) is 0.669. The zero-order valence-electron chi connectivity index (χ0n) is 18.4. The number of carbonyl (C=O) groups is 1. The number of nitrogens with zero attached hydrogens (tertiary/aromatic N) is 1. The van der Waals surface area contributed by atoms with E-state index in [0.717, 1.165) is 47.8 Å². The fraction of sp³-hybridized carbons (Fsp3) is 0.520. The Hall–Kier alpha value is -2.76. The maximum absolute atomic E-state index is 12.4. The van der Waals surface area contributed by atoms with Crippen molar-refractivity contribution in [2.24, 2.45) is 5.92 Å². The van der Waals surface area contributed by atoms with Crippen LogP contribution >= 0.6 is 0 Å². The Balaban J connectivity index is 1.65. The zero-order chi connectivity index (χ0) is 22.0. The van der Waals surface area contributed by atoms with Crippen molar-refractivity contribution in [3.63, 3.8) is 0 Å². The molecule has 1 aliphatic carbocycles. The van der Waals surface area contributed by atoms with Crippen LogP contribution in [-0.4, -0.2) is 29.4 Å². The molecule has 0 saturated heterocycles. The highest BCUT2D eigenvalue weighted by molar-refractivity contribution is 5.87. The molecule has 0 bridgehead atoms. The second kappa shape index (κ2) is 9.16. The molecule has 31 heavy (non-hydrogen) atoms. The average molecular weight is 426 g/mol. The van der Waals surface area contributed by atoms with E-state index >= 15 is 0 Å². The Morgan fingerprint density at radius 3 is 2.61 bits per heavy atom. The number of hydrogen-bond acceptors (Lipinski definition) is 4. The Bertz CT molecular complexity index is 1020. The van der Waals surface area contributed by atoms with Crippen molar-refractivity contribution in [2.45, 2.75) is 64.3 Å². The minimum absolute atomic E-state index is 0.0877. The van der Waals surface area contributed by atoms with Gasteiger partial charge in [-0.15, -0.1) is 0 Å². The SMILES string of the molecule is CCC1Cc2cc(OCCC3CCCCC3)c(OC)cc2-c2cc(=O)c(C(=O)O)cn21. The van der Waals surface area contributed by atoms with Gasteiger partial charge < -0.3 is 19.1 Å². The molecule has 4 rings (SSSR count). The minimum atomic E-state index is -1.19. The summed E-state index contributed by atoms with van der Waals surface area (Å²) in [5, 5.41) is 9.37. The van der Waals surface area contributed by atoms with Crippen molar-refractivity contribution < 1.29 is 19.4 Å². The van der Waals surface area contributed by atoms with E-state index in [9.17, 15) is 14.7 Å². The number of carboxylic acids is 1. The topological polar surface area (TPSA) is 77.8 Å². The van der Waals surface area contributed by atoms with Gasteiger partial charge in [0.05, 0.1) is 19.4 Å². The summed E-state index contributed by atoms with van der Waals surface area (Å²) in [4.78, 5) is 23.9. The van der Waals surface area contributed by atoms with Gasteiger partial charge >= 0.3 is 5.97 Å². The fourth-order valence-corrected chi connectivity index (χ4v) is 5.01. The highest BCUT2D eigenvalue weighted by Gasteiger charge is 2.27. The summed E-state index contributed by atoms with van der Waals surface area (Å²) in [5.74, 6) is 0.938. The number of ether oxygens (including phenoxy) is 2. The van der Waals surface area contributed by atoms with Crippen LogP contribution < -0.4 is 14.9 Å². The van der Waals surface area contributed by atoms with E-state index in [4.69, 9.17) is 9.47 Å². The molecule has 6 nitrogen and oxygen atoms in total. The lowest BCUT2D eigenvalue weighted by Gasteiger charge is -2.31. The van der Waals surface area contributed by atoms with Crippen LogP contribution in [0, 0.1) is 5.92 Å². The number of aromatic carboxylic acids is 1. The third-order valence-corrected chi connectivity index (χ3v) is 6.80. The molecule has 1 unspecified atom stereocenters. The zero-order valence-corrected chi connectivity index (χ0v) is 18.4. The standard InChI is InChI=1S/C25H31NO5/c1-3-18-11-17-12-24(31-10-9-16-7-5-4-6-8-16)23(30-2)13-19(17)21-14-22(27)20(25(28)29)15-26(18)21/h12-16,18H,3-11H2,1-2H3,(H,28,29). The Labute approximate surface area is 182 Å². The molecule has 6 heteroatoms. The van der Waals surface area contributed by atoms with E-state index < -0.39 is 11.4 Å². The lowest BCUT2D eigenvalue weighted by Crippen LogP contribution is -2.25. The van der Waals surface area contributed by atoms with E-state index in [1.54, 1.807) is 7.11 Å². The first-order valence-corrected chi connectivity index (χ1v) is 11.3. The summed E-state index contributed by atoms with van der Waals surface area (Å²) >= 11 is 0. The van der Waals surface area contributed by atoms with Gasteiger partial charge in [0.1, 0.15) is 5.56 Å². The fourth-order valence-electron chi connectivity index (χ4n) is 5.01. The first-order valence-electron chi connectivity index (χ1n) is 11.3. The molecule has 1 fully saturated rings. The smallest absolute Gasteiger partial charge is 0.341 e. The minimum Gasteiger partial charge on any atom is -0.493 e. The molecule has 166 valence electrons. The Morgan fingerprint density at radius 2 is 1.94 bits per heavy atom. The maximum atomic E-state index is 12.4. The van der Waals surface area contributed by atoms with E-state index in [1.165, 1.54) is 44.4 Å². The maximum Gasteiger partial charge on any atom is 0.341 e. The molecule has 2 heterocycles. The van der Waals surface area contributed by atoms with Crippen molar-refractivity contribution in [3.05, 3.63) is 45.7 Å². The van der Waals surface area contributed by atoms with Crippen LogP contribution in [0.2, 0.25) is 0 Å². The average Bonchev–Trinajstić information content (AvgIpc) is 2.78. The molecule has 1 saturated carbocycles. The van der Waals surface area contributed by atoms with Gasteiger partial charge in [-0.05, 0) is 42.9 Å². The van der Waals surface area contributed by atoms with Crippen LogP contribution in [0.15, 0.2) is 29.2 Å². The van der Waals surface area contributed by atoms with E-state index in [-0.39, 0.29) is 11.6 Å². The molecular weight excluding hydrogens is 394 g/mol. The van der Waals surface area contributed by atoms with Crippen LogP contribution in [-0.2, 0) is 6.42 Å². The number of aromatic nitrogens is 1. The van der Waals surface area contributed by atoms with E-state index in [1.807, 2.05) is 16.7 Å². The molecule has 1 N–H and O–H groups in total. The second-order valence-corrected chi connectivity index (χ2v) is 8.72. The largest absolute Gasteiger partial charge is 0.493 e. The number of hydrogen-bond donors (Lipinski definition) is 1. The molecule has 0 amide bonds. The Morgan fingerprint density at radius 1 is 1.16 bits per heavy atom. The number of pyridine rings is 1.